The van der Waals surface area contributed by atoms with Crippen LogP contribution in [0.3, 0.4) is 0 Å². The van der Waals surface area contributed by atoms with E-state index in [-0.39, 0.29) is 0 Å². The van der Waals surface area contributed by atoms with Gasteiger partial charge in [-0.25, -0.2) is 0 Å². The zero-order valence-corrected chi connectivity index (χ0v) is 19.5. The van der Waals surface area contributed by atoms with Gasteiger partial charge in [-0.15, -0.1) is 0 Å². The van der Waals surface area contributed by atoms with Crippen LogP contribution >= 0.6 is 0 Å². The smallest absolute Gasteiger partial charge is 0.229 e. The van der Waals surface area contributed by atoms with Gasteiger partial charge in [-0.05, 0) is 65.5 Å². The quantitative estimate of drug-likeness (QED) is 0.370. The third-order valence-electron chi connectivity index (χ3n) is 5.41. The number of nitrogens with one attached hydrogen (secondary N) is 3. The number of hydrogen-bond donors (Lipinski definition) is 3. The summed E-state index contributed by atoms with van der Waals surface area (Å²) in [6.07, 6.45) is 4.21. The molecule has 1 saturated carbocycles. The molecule has 0 bridgehead atoms. The van der Waals surface area contributed by atoms with Crippen molar-refractivity contribution in [2.75, 3.05) is 29.0 Å². The zero-order chi connectivity index (χ0) is 22.5. The van der Waals surface area contributed by atoms with Crippen molar-refractivity contribution in [2.45, 2.75) is 72.5 Å². The molecule has 0 aliphatic heterocycles. The Morgan fingerprint density at radius 3 is 1.62 bits per heavy atom. The monoisotopic (exact) mass is 438 g/mol. The highest BCUT2D eigenvalue weighted by Crippen LogP contribution is 2.23. The first kappa shape index (κ1) is 22.0. The molecule has 1 fully saturated rings. The maximum Gasteiger partial charge on any atom is 0.229 e. The molecule has 0 spiro atoms. The van der Waals surface area contributed by atoms with Gasteiger partial charge < -0.3 is 16.0 Å². The molecule has 0 radical (unpaired) electrons. The van der Waals surface area contributed by atoms with Gasteiger partial charge in [0.05, 0.1) is 11.4 Å². The first-order valence-electron chi connectivity index (χ1n) is 11.5. The molecule has 10 heteroatoms. The van der Waals surface area contributed by atoms with E-state index in [9.17, 15) is 0 Å². The van der Waals surface area contributed by atoms with Crippen LogP contribution in [-0.4, -0.2) is 53.6 Å². The van der Waals surface area contributed by atoms with E-state index in [1.54, 1.807) is 0 Å². The lowest BCUT2D eigenvalue weighted by Crippen LogP contribution is -2.16. The van der Waals surface area contributed by atoms with Crippen LogP contribution in [0.15, 0.2) is 12.1 Å². The normalized spacial score (nSPS) is 13.4. The summed E-state index contributed by atoms with van der Waals surface area (Å²) in [5, 5.41) is 19.1. The molecule has 0 saturated heterocycles. The lowest BCUT2D eigenvalue weighted by Gasteiger charge is -2.11. The average Bonchev–Trinajstić information content (AvgIpc) is 3.41. The molecule has 10 nitrogen and oxygen atoms in total. The summed E-state index contributed by atoms with van der Waals surface area (Å²) in [7, 11) is 0. The van der Waals surface area contributed by atoms with Crippen LogP contribution in [0.5, 0.6) is 0 Å². The van der Waals surface area contributed by atoms with Crippen LogP contribution in [0, 0.1) is 27.7 Å². The summed E-state index contributed by atoms with van der Waals surface area (Å²) >= 11 is 0. The third-order valence-corrected chi connectivity index (χ3v) is 5.41. The molecule has 3 heterocycles. The number of hydrogen-bond acceptors (Lipinski definition) is 8. The minimum Gasteiger partial charge on any atom is -0.354 e. The van der Waals surface area contributed by atoms with Crippen LogP contribution in [-0.2, 0) is 13.1 Å². The maximum absolute atomic E-state index is 4.56. The summed E-state index contributed by atoms with van der Waals surface area (Å²) in [6, 6.07) is 4.68. The second-order valence-corrected chi connectivity index (χ2v) is 8.59. The Morgan fingerprint density at radius 1 is 0.750 bits per heavy atom. The van der Waals surface area contributed by atoms with Gasteiger partial charge in [0, 0.05) is 43.6 Å². The topological polar surface area (TPSA) is 110 Å². The molecule has 0 aromatic carbocycles. The van der Waals surface area contributed by atoms with Gasteiger partial charge in [0.2, 0.25) is 17.8 Å². The molecule has 1 aliphatic rings. The Kier molecular flexibility index (Phi) is 6.87. The molecule has 3 aromatic rings. The molecule has 3 N–H and O–H groups in total. The minimum absolute atomic E-state index is 0.482. The first-order chi connectivity index (χ1) is 15.5. The van der Waals surface area contributed by atoms with Crippen LogP contribution in [0.4, 0.5) is 17.8 Å². The van der Waals surface area contributed by atoms with E-state index < -0.39 is 0 Å². The van der Waals surface area contributed by atoms with E-state index >= 15 is 0 Å². The van der Waals surface area contributed by atoms with E-state index in [2.05, 4.69) is 67.1 Å². The molecular formula is C22H34N10. The van der Waals surface area contributed by atoms with Crippen LogP contribution in [0.1, 0.15) is 48.5 Å². The van der Waals surface area contributed by atoms with Crippen LogP contribution in [0.2, 0.25) is 0 Å². The molecule has 172 valence electrons. The number of aryl methyl sites for hydroxylation is 6. The number of nitrogens with zero attached hydrogens (tertiary/aromatic N) is 7. The standard InChI is InChI=1S/C22H34N10/c1-15-13-17(3)31(29-15)11-5-9-23-20-26-21(28-22(27-20)25-19-7-8-19)24-10-6-12-32-18(4)14-16(2)30-32/h13-14,19H,5-12H2,1-4H3,(H3,23,24,25,26,27,28). The second kappa shape index (κ2) is 9.97. The van der Waals surface area contributed by atoms with Gasteiger partial charge in [0.15, 0.2) is 0 Å². The highest BCUT2D eigenvalue weighted by molar-refractivity contribution is 5.43. The fourth-order valence-electron chi connectivity index (χ4n) is 3.67. The Labute approximate surface area is 189 Å². The zero-order valence-electron chi connectivity index (χ0n) is 19.5. The maximum atomic E-state index is 4.56. The highest BCUT2D eigenvalue weighted by Gasteiger charge is 2.22. The molecule has 0 atom stereocenters. The SMILES string of the molecule is Cc1cc(C)n(CCCNc2nc(NCCCn3nc(C)cc3C)nc(NC3CC3)n2)n1. The molecule has 0 unspecified atom stereocenters. The van der Waals surface area contributed by atoms with Gasteiger partial charge in [-0.3, -0.25) is 9.36 Å². The summed E-state index contributed by atoms with van der Waals surface area (Å²) in [5.41, 5.74) is 4.48. The van der Waals surface area contributed by atoms with Gasteiger partial charge in [-0.1, -0.05) is 0 Å². The van der Waals surface area contributed by atoms with Crippen molar-refractivity contribution in [1.82, 2.24) is 34.5 Å². The Balaban J connectivity index is 1.29. The van der Waals surface area contributed by atoms with Gasteiger partial charge in [-0.2, -0.15) is 25.1 Å². The van der Waals surface area contributed by atoms with Crippen molar-refractivity contribution in [1.29, 1.82) is 0 Å². The fourth-order valence-corrected chi connectivity index (χ4v) is 3.67. The predicted octanol–water partition coefficient (Wildman–Crippen LogP) is 3.08. The summed E-state index contributed by atoms with van der Waals surface area (Å²) in [6.45, 7) is 11.5. The Morgan fingerprint density at radius 2 is 1.22 bits per heavy atom. The Bertz CT molecular complexity index is 961. The van der Waals surface area contributed by atoms with E-state index in [4.69, 9.17) is 0 Å². The van der Waals surface area contributed by atoms with Crippen molar-refractivity contribution < 1.29 is 0 Å². The van der Waals surface area contributed by atoms with Gasteiger partial charge in [0.25, 0.3) is 0 Å². The van der Waals surface area contributed by atoms with E-state index in [1.165, 1.54) is 24.2 Å². The number of aromatic nitrogens is 7. The van der Waals surface area contributed by atoms with Crippen molar-refractivity contribution in [3.05, 3.63) is 34.9 Å². The average molecular weight is 439 g/mol. The van der Waals surface area contributed by atoms with E-state index in [1.807, 2.05) is 23.2 Å². The lowest BCUT2D eigenvalue weighted by atomic mass is 10.4. The van der Waals surface area contributed by atoms with E-state index in [0.29, 0.717) is 23.9 Å². The molecule has 0 amide bonds. The highest BCUT2D eigenvalue weighted by atomic mass is 15.3. The third kappa shape index (κ3) is 6.18. The Hall–Kier alpha value is -3.17. The number of rotatable bonds is 12. The molecule has 3 aromatic heterocycles. The molecule has 4 rings (SSSR count). The van der Waals surface area contributed by atoms with Crippen molar-refractivity contribution in [2.24, 2.45) is 0 Å². The number of anilines is 3. The van der Waals surface area contributed by atoms with Gasteiger partial charge in [0.1, 0.15) is 0 Å². The second-order valence-electron chi connectivity index (χ2n) is 8.59. The summed E-state index contributed by atoms with van der Waals surface area (Å²) < 4.78 is 4.08. The van der Waals surface area contributed by atoms with Crippen molar-refractivity contribution >= 4 is 17.8 Å². The summed E-state index contributed by atoms with van der Waals surface area (Å²) in [4.78, 5) is 13.7. The summed E-state index contributed by atoms with van der Waals surface area (Å²) in [5.74, 6) is 1.82. The van der Waals surface area contributed by atoms with E-state index in [0.717, 1.165) is 50.4 Å². The van der Waals surface area contributed by atoms with Crippen molar-refractivity contribution in [3.8, 4) is 0 Å². The van der Waals surface area contributed by atoms with Crippen LogP contribution in [0.25, 0.3) is 0 Å². The fraction of sp³-hybridized carbons (Fsp3) is 0.591. The largest absolute Gasteiger partial charge is 0.354 e. The van der Waals surface area contributed by atoms with Gasteiger partial charge >= 0.3 is 0 Å². The van der Waals surface area contributed by atoms with Crippen molar-refractivity contribution in [3.63, 3.8) is 0 Å². The first-order valence-corrected chi connectivity index (χ1v) is 11.5. The lowest BCUT2D eigenvalue weighted by molar-refractivity contribution is 0.572. The molecular weight excluding hydrogens is 404 g/mol. The molecule has 1 aliphatic carbocycles. The predicted molar refractivity (Wildman–Crippen MR) is 126 cm³/mol. The molecule has 32 heavy (non-hydrogen) atoms. The minimum atomic E-state index is 0.482. The van der Waals surface area contributed by atoms with Crippen LogP contribution < -0.4 is 16.0 Å².